The lowest BCUT2D eigenvalue weighted by molar-refractivity contribution is 1.37. The molecule has 0 aliphatic rings. The van der Waals surface area contributed by atoms with Gasteiger partial charge in [-0.1, -0.05) is 29.3 Å². The Morgan fingerprint density at radius 1 is 1.21 bits per heavy atom. The van der Waals surface area contributed by atoms with E-state index in [1.807, 2.05) is 6.92 Å². The number of hydrogen-bond acceptors (Lipinski definition) is 1. The Balaban J connectivity index is 3.09. The largest absolute Gasteiger partial charge is 0.358 e. The van der Waals surface area contributed by atoms with Gasteiger partial charge in [0.1, 0.15) is 5.02 Å². The molecule has 4 heteroatoms. The van der Waals surface area contributed by atoms with E-state index < -0.39 is 0 Å². The number of aryl methyl sites for hydroxylation is 1. The standard InChI is InChI=1S/C10H7Cl2NO/c1-5-2-3-6(11)9-8(5)10(14)7(12)4-13-9/h2-4H,1H3,(H,13,14). The third kappa shape index (κ3) is 1.31. The molecule has 2 rings (SSSR count). The fourth-order valence-electron chi connectivity index (χ4n) is 1.44. The lowest BCUT2D eigenvalue weighted by Gasteiger charge is -2.03. The van der Waals surface area contributed by atoms with E-state index in [-0.39, 0.29) is 10.5 Å². The number of nitrogens with one attached hydrogen (secondary N) is 1. The van der Waals surface area contributed by atoms with Crippen molar-refractivity contribution < 1.29 is 0 Å². The Labute approximate surface area is 90.5 Å². The molecule has 2 aromatic rings. The molecule has 0 bridgehead atoms. The number of hydrogen-bond donors (Lipinski definition) is 1. The molecule has 14 heavy (non-hydrogen) atoms. The highest BCUT2D eigenvalue weighted by atomic mass is 35.5. The predicted octanol–water partition coefficient (Wildman–Crippen LogP) is 3.14. The summed E-state index contributed by atoms with van der Waals surface area (Å²) in [6, 6.07) is 3.55. The van der Waals surface area contributed by atoms with Crippen LogP contribution in [0, 0.1) is 6.92 Å². The van der Waals surface area contributed by atoms with Crippen LogP contribution in [0.3, 0.4) is 0 Å². The second kappa shape index (κ2) is 3.30. The molecule has 72 valence electrons. The van der Waals surface area contributed by atoms with Crippen LogP contribution in [0.25, 0.3) is 10.9 Å². The predicted molar refractivity (Wildman–Crippen MR) is 59.3 cm³/mol. The number of aromatic nitrogens is 1. The maximum Gasteiger partial charge on any atom is 0.208 e. The van der Waals surface area contributed by atoms with Gasteiger partial charge >= 0.3 is 0 Å². The van der Waals surface area contributed by atoms with E-state index in [0.29, 0.717) is 15.9 Å². The molecule has 2 nitrogen and oxygen atoms in total. The van der Waals surface area contributed by atoms with Gasteiger partial charge in [0.2, 0.25) is 5.43 Å². The average Bonchev–Trinajstić information content (AvgIpc) is 2.16. The van der Waals surface area contributed by atoms with Crippen molar-refractivity contribution in [3.05, 3.63) is 44.2 Å². The maximum atomic E-state index is 11.7. The first kappa shape index (κ1) is 9.56. The molecule has 1 aromatic carbocycles. The number of benzene rings is 1. The average molecular weight is 228 g/mol. The van der Waals surface area contributed by atoms with Crippen LogP contribution < -0.4 is 5.43 Å². The molecule has 0 spiro atoms. The Morgan fingerprint density at radius 3 is 2.64 bits per heavy atom. The normalized spacial score (nSPS) is 10.8. The monoisotopic (exact) mass is 227 g/mol. The van der Waals surface area contributed by atoms with E-state index in [1.54, 1.807) is 12.1 Å². The molecule has 0 aliphatic carbocycles. The molecule has 0 radical (unpaired) electrons. The van der Waals surface area contributed by atoms with Crippen molar-refractivity contribution in [1.29, 1.82) is 0 Å². The fourth-order valence-corrected chi connectivity index (χ4v) is 1.80. The van der Waals surface area contributed by atoms with Gasteiger partial charge in [-0.2, -0.15) is 0 Å². The topological polar surface area (TPSA) is 32.9 Å². The lowest BCUT2D eigenvalue weighted by Crippen LogP contribution is -2.04. The van der Waals surface area contributed by atoms with Crippen LogP contribution in [-0.2, 0) is 0 Å². The van der Waals surface area contributed by atoms with E-state index in [0.717, 1.165) is 5.56 Å². The summed E-state index contributed by atoms with van der Waals surface area (Å²) >= 11 is 11.7. The van der Waals surface area contributed by atoms with Gasteiger partial charge in [-0.25, -0.2) is 0 Å². The Bertz CT molecular complexity index is 560. The van der Waals surface area contributed by atoms with Crippen molar-refractivity contribution in [1.82, 2.24) is 4.98 Å². The summed E-state index contributed by atoms with van der Waals surface area (Å²) in [4.78, 5) is 14.6. The molecule has 0 fully saturated rings. The van der Waals surface area contributed by atoms with Crippen molar-refractivity contribution >= 4 is 34.1 Å². The molecule has 0 atom stereocenters. The van der Waals surface area contributed by atoms with Crippen molar-refractivity contribution in [3.63, 3.8) is 0 Å². The third-order valence-electron chi connectivity index (χ3n) is 2.15. The number of H-pyrrole nitrogens is 1. The number of pyridine rings is 1. The number of halogens is 2. The Hall–Kier alpha value is -0.990. The quantitative estimate of drug-likeness (QED) is 0.738. The highest BCUT2D eigenvalue weighted by molar-refractivity contribution is 6.35. The minimum atomic E-state index is -0.180. The molecule has 0 amide bonds. The van der Waals surface area contributed by atoms with E-state index in [2.05, 4.69) is 4.98 Å². The van der Waals surface area contributed by atoms with Crippen LogP contribution in [0.1, 0.15) is 5.56 Å². The Kier molecular flexibility index (Phi) is 2.25. The molecule has 0 saturated heterocycles. The number of aromatic amines is 1. The SMILES string of the molecule is Cc1ccc(Cl)c2[nH]cc(Cl)c(=O)c12. The zero-order chi connectivity index (χ0) is 10.3. The maximum absolute atomic E-state index is 11.7. The van der Waals surface area contributed by atoms with Crippen LogP contribution in [-0.4, -0.2) is 4.98 Å². The zero-order valence-corrected chi connectivity index (χ0v) is 8.91. The van der Waals surface area contributed by atoms with E-state index in [9.17, 15) is 4.79 Å². The second-order valence-corrected chi connectivity index (χ2v) is 3.89. The number of rotatable bonds is 0. The minimum absolute atomic E-state index is 0.180. The van der Waals surface area contributed by atoms with Crippen LogP contribution in [0.4, 0.5) is 0 Å². The van der Waals surface area contributed by atoms with Gasteiger partial charge in [0, 0.05) is 6.20 Å². The van der Waals surface area contributed by atoms with Crippen molar-refractivity contribution in [2.45, 2.75) is 6.92 Å². The van der Waals surface area contributed by atoms with Gasteiger partial charge in [-0.05, 0) is 18.6 Å². The summed E-state index contributed by atoms with van der Waals surface area (Å²) < 4.78 is 0. The van der Waals surface area contributed by atoms with E-state index in [1.165, 1.54) is 6.20 Å². The molecule has 0 unspecified atom stereocenters. The molecular formula is C10H7Cl2NO. The molecule has 1 aromatic heterocycles. The van der Waals surface area contributed by atoms with E-state index in [4.69, 9.17) is 23.2 Å². The highest BCUT2D eigenvalue weighted by Crippen LogP contribution is 2.22. The summed E-state index contributed by atoms with van der Waals surface area (Å²) in [5, 5.41) is 1.27. The van der Waals surface area contributed by atoms with Gasteiger partial charge in [0.05, 0.1) is 15.9 Å². The highest BCUT2D eigenvalue weighted by Gasteiger charge is 2.08. The van der Waals surface area contributed by atoms with Crippen molar-refractivity contribution in [2.75, 3.05) is 0 Å². The summed E-state index contributed by atoms with van der Waals surface area (Å²) in [6.07, 6.45) is 1.46. The number of fused-ring (bicyclic) bond motifs is 1. The van der Waals surface area contributed by atoms with Gasteiger partial charge in [-0.15, -0.1) is 0 Å². The first-order valence-electron chi connectivity index (χ1n) is 4.07. The van der Waals surface area contributed by atoms with Crippen molar-refractivity contribution in [3.8, 4) is 0 Å². The first-order chi connectivity index (χ1) is 6.61. The second-order valence-electron chi connectivity index (χ2n) is 3.08. The molecular weight excluding hydrogens is 221 g/mol. The first-order valence-corrected chi connectivity index (χ1v) is 4.83. The van der Waals surface area contributed by atoms with Crippen molar-refractivity contribution in [2.24, 2.45) is 0 Å². The summed E-state index contributed by atoms with van der Waals surface area (Å²) in [5.41, 5.74) is 1.33. The van der Waals surface area contributed by atoms with Gasteiger partial charge in [0.25, 0.3) is 0 Å². The summed E-state index contributed by atoms with van der Waals surface area (Å²) in [5.74, 6) is 0. The summed E-state index contributed by atoms with van der Waals surface area (Å²) in [6.45, 7) is 1.85. The minimum Gasteiger partial charge on any atom is -0.358 e. The van der Waals surface area contributed by atoms with Crippen LogP contribution in [0.5, 0.6) is 0 Å². The lowest BCUT2D eigenvalue weighted by atomic mass is 10.1. The molecule has 1 N–H and O–H groups in total. The molecule has 0 saturated carbocycles. The third-order valence-corrected chi connectivity index (χ3v) is 2.75. The summed E-state index contributed by atoms with van der Waals surface area (Å²) in [7, 11) is 0. The molecule has 0 aliphatic heterocycles. The van der Waals surface area contributed by atoms with E-state index >= 15 is 0 Å². The van der Waals surface area contributed by atoms with Crippen LogP contribution in [0.15, 0.2) is 23.1 Å². The van der Waals surface area contributed by atoms with Gasteiger partial charge < -0.3 is 4.98 Å². The van der Waals surface area contributed by atoms with Gasteiger partial charge in [-0.3, -0.25) is 4.79 Å². The van der Waals surface area contributed by atoms with Crippen LogP contribution >= 0.6 is 23.2 Å². The van der Waals surface area contributed by atoms with Crippen LogP contribution in [0.2, 0.25) is 10.0 Å². The van der Waals surface area contributed by atoms with Gasteiger partial charge in [0.15, 0.2) is 0 Å². The smallest absolute Gasteiger partial charge is 0.208 e. The molecule has 1 heterocycles. The zero-order valence-electron chi connectivity index (χ0n) is 7.40. The fraction of sp³-hybridized carbons (Fsp3) is 0.100. The Morgan fingerprint density at radius 2 is 1.93 bits per heavy atom.